The highest BCUT2D eigenvalue weighted by Gasteiger charge is 2.21. The van der Waals surface area contributed by atoms with Crippen LogP contribution in [0.15, 0.2) is 21.2 Å². The van der Waals surface area contributed by atoms with Gasteiger partial charge in [-0.3, -0.25) is 0 Å². The highest BCUT2D eigenvalue weighted by Crippen LogP contribution is 2.20. The Bertz CT molecular complexity index is 301. The molecule has 0 aromatic carbocycles. The number of rotatable bonds is 6. The third-order valence-electron chi connectivity index (χ3n) is 2.81. The monoisotopic (exact) mass is 275 g/mol. The fourth-order valence-corrected chi connectivity index (χ4v) is 1.72. The third kappa shape index (κ3) is 3.63. The highest BCUT2D eigenvalue weighted by atomic mass is 79.9. The summed E-state index contributed by atoms with van der Waals surface area (Å²) in [7, 11) is 0. The number of aliphatic hydroxyl groups is 1. The smallest absolute Gasteiger partial charge is 0.131 e. The minimum absolute atomic E-state index is 0.0268. The number of aliphatic hydroxyl groups excluding tert-OH is 1. The molecule has 0 aliphatic carbocycles. The molecule has 0 radical (unpaired) electrons. The summed E-state index contributed by atoms with van der Waals surface area (Å²) in [6.07, 6.45) is 3.39. The van der Waals surface area contributed by atoms with E-state index in [2.05, 4.69) is 35.1 Å². The fourth-order valence-electron chi connectivity index (χ4n) is 1.38. The van der Waals surface area contributed by atoms with E-state index in [1.54, 1.807) is 6.26 Å². The number of hydrogen-bond donors (Lipinski definition) is 2. The third-order valence-corrected chi connectivity index (χ3v) is 3.52. The molecule has 1 atom stereocenters. The summed E-state index contributed by atoms with van der Waals surface area (Å²) >= 11 is 3.41. The Morgan fingerprint density at radius 2 is 2.33 bits per heavy atom. The molecule has 86 valence electrons. The molecule has 0 bridgehead atoms. The van der Waals surface area contributed by atoms with Crippen LogP contribution in [-0.2, 0) is 6.54 Å². The summed E-state index contributed by atoms with van der Waals surface area (Å²) in [5.41, 5.74) is -0.0268. The second-order valence-corrected chi connectivity index (χ2v) is 4.79. The molecule has 4 heteroatoms. The SMILES string of the molecule is CCC(C)(CCO)NCc1occc1Br. The van der Waals surface area contributed by atoms with Gasteiger partial charge in [-0.15, -0.1) is 0 Å². The molecule has 0 fully saturated rings. The van der Waals surface area contributed by atoms with Crippen molar-refractivity contribution in [3.8, 4) is 0 Å². The largest absolute Gasteiger partial charge is 0.467 e. The quantitative estimate of drug-likeness (QED) is 0.839. The number of hydrogen-bond acceptors (Lipinski definition) is 3. The van der Waals surface area contributed by atoms with Gasteiger partial charge in [0.2, 0.25) is 0 Å². The zero-order valence-corrected chi connectivity index (χ0v) is 10.8. The van der Waals surface area contributed by atoms with Crippen LogP contribution in [0.4, 0.5) is 0 Å². The van der Waals surface area contributed by atoms with Crippen LogP contribution in [0.1, 0.15) is 32.4 Å². The van der Waals surface area contributed by atoms with Gasteiger partial charge in [-0.2, -0.15) is 0 Å². The number of furan rings is 1. The van der Waals surface area contributed by atoms with Crippen LogP contribution in [0, 0.1) is 0 Å². The maximum absolute atomic E-state index is 8.97. The Hall–Kier alpha value is -0.320. The second-order valence-electron chi connectivity index (χ2n) is 3.93. The first-order valence-corrected chi connectivity index (χ1v) is 5.98. The average Bonchev–Trinajstić information content (AvgIpc) is 2.62. The zero-order valence-electron chi connectivity index (χ0n) is 9.22. The van der Waals surface area contributed by atoms with Crippen LogP contribution >= 0.6 is 15.9 Å². The van der Waals surface area contributed by atoms with Gasteiger partial charge in [-0.05, 0) is 41.8 Å². The van der Waals surface area contributed by atoms with Crippen molar-refractivity contribution in [2.45, 2.75) is 38.8 Å². The van der Waals surface area contributed by atoms with Gasteiger partial charge in [0, 0.05) is 12.1 Å². The van der Waals surface area contributed by atoms with Crippen molar-refractivity contribution < 1.29 is 9.52 Å². The average molecular weight is 276 g/mol. The lowest BCUT2D eigenvalue weighted by Gasteiger charge is -2.28. The van der Waals surface area contributed by atoms with Crippen molar-refractivity contribution in [2.24, 2.45) is 0 Å². The molecule has 15 heavy (non-hydrogen) atoms. The van der Waals surface area contributed by atoms with Gasteiger partial charge < -0.3 is 14.8 Å². The molecule has 0 saturated heterocycles. The lowest BCUT2D eigenvalue weighted by Crippen LogP contribution is -2.42. The fraction of sp³-hybridized carbons (Fsp3) is 0.636. The first-order chi connectivity index (χ1) is 7.11. The molecule has 1 heterocycles. The molecule has 0 amide bonds. The molecule has 0 aliphatic heterocycles. The van der Waals surface area contributed by atoms with E-state index < -0.39 is 0 Å². The first kappa shape index (κ1) is 12.7. The van der Waals surface area contributed by atoms with Crippen LogP contribution in [0.2, 0.25) is 0 Å². The zero-order chi connectivity index (χ0) is 11.3. The summed E-state index contributed by atoms with van der Waals surface area (Å²) in [5.74, 6) is 0.896. The summed E-state index contributed by atoms with van der Waals surface area (Å²) in [4.78, 5) is 0. The molecule has 1 rings (SSSR count). The summed E-state index contributed by atoms with van der Waals surface area (Å²) in [6, 6.07) is 1.88. The molecule has 0 aliphatic rings. The van der Waals surface area contributed by atoms with Gasteiger partial charge >= 0.3 is 0 Å². The molecule has 2 N–H and O–H groups in total. The van der Waals surface area contributed by atoms with Gasteiger partial charge in [0.15, 0.2) is 0 Å². The maximum atomic E-state index is 8.97. The summed E-state index contributed by atoms with van der Waals surface area (Å²) in [5, 5.41) is 12.4. The minimum atomic E-state index is -0.0268. The Kier molecular flexibility index (Phi) is 4.83. The number of halogens is 1. The topological polar surface area (TPSA) is 45.4 Å². The van der Waals surface area contributed by atoms with Gasteiger partial charge in [0.1, 0.15) is 5.76 Å². The molecule has 0 saturated carbocycles. The van der Waals surface area contributed by atoms with E-state index in [1.165, 1.54) is 0 Å². The molecule has 1 aromatic heterocycles. The van der Waals surface area contributed by atoms with E-state index in [1.807, 2.05) is 6.07 Å². The van der Waals surface area contributed by atoms with Gasteiger partial charge in [0.05, 0.1) is 17.3 Å². The molecular weight excluding hydrogens is 258 g/mol. The molecular formula is C11H18BrNO2. The van der Waals surface area contributed by atoms with Crippen LogP contribution in [0.25, 0.3) is 0 Å². The number of nitrogens with one attached hydrogen (secondary N) is 1. The predicted molar refractivity (Wildman–Crippen MR) is 63.6 cm³/mol. The Labute approximate surface area is 99.0 Å². The Morgan fingerprint density at radius 3 is 2.80 bits per heavy atom. The lowest BCUT2D eigenvalue weighted by molar-refractivity contribution is 0.211. The normalized spacial score (nSPS) is 15.2. The maximum Gasteiger partial charge on any atom is 0.131 e. The Balaban J connectivity index is 2.51. The second kappa shape index (κ2) is 5.68. The summed E-state index contributed by atoms with van der Waals surface area (Å²) in [6.45, 7) is 5.11. The van der Waals surface area contributed by atoms with Crippen molar-refractivity contribution in [3.05, 3.63) is 22.6 Å². The first-order valence-electron chi connectivity index (χ1n) is 5.19. The summed E-state index contributed by atoms with van der Waals surface area (Å²) < 4.78 is 6.29. The molecule has 0 spiro atoms. The van der Waals surface area contributed by atoms with Crippen molar-refractivity contribution in [3.63, 3.8) is 0 Å². The molecule has 3 nitrogen and oxygen atoms in total. The Morgan fingerprint density at radius 1 is 1.60 bits per heavy atom. The van der Waals surface area contributed by atoms with Crippen molar-refractivity contribution in [1.29, 1.82) is 0 Å². The highest BCUT2D eigenvalue weighted by molar-refractivity contribution is 9.10. The van der Waals surface area contributed by atoms with E-state index in [0.717, 1.165) is 23.1 Å². The van der Waals surface area contributed by atoms with E-state index in [4.69, 9.17) is 9.52 Å². The minimum Gasteiger partial charge on any atom is -0.467 e. The van der Waals surface area contributed by atoms with Crippen LogP contribution in [0.5, 0.6) is 0 Å². The standard InChI is InChI=1S/C11H18BrNO2/c1-3-11(2,5-6-14)13-8-10-9(12)4-7-15-10/h4,7,13-14H,3,5-6,8H2,1-2H3. The van der Waals surface area contributed by atoms with Crippen LogP contribution in [-0.4, -0.2) is 17.3 Å². The molecule has 1 aromatic rings. The van der Waals surface area contributed by atoms with Gasteiger partial charge in [-0.25, -0.2) is 0 Å². The lowest BCUT2D eigenvalue weighted by atomic mass is 9.95. The van der Waals surface area contributed by atoms with Crippen molar-refractivity contribution in [2.75, 3.05) is 6.61 Å². The molecule has 1 unspecified atom stereocenters. The van der Waals surface area contributed by atoms with E-state index in [0.29, 0.717) is 6.54 Å². The van der Waals surface area contributed by atoms with Crippen molar-refractivity contribution in [1.82, 2.24) is 5.32 Å². The van der Waals surface area contributed by atoms with Gasteiger partial charge in [-0.1, -0.05) is 6.92 Å². The predicted octanol–water partition coefficient (Wildman–Crippen LogP) is 2.68. The van der Waals surface area contributed by atoms with Crippen molar-refractivity contribution >= 4 is 15.9 Å². The van der Waals surface area contributed by atoms with E-state index in [-0.39, 0.29) is 12.1 Å². The van der Waals surface area contributed by atoms with Crippen LogP contribution in [0.3, 0.4) is 0 Å². The van der Waals surface area contributed by atoms with Crippen LogP contribution < -0.4 is 5.32 Å². The van der Waals surface area contributed by atoms with E-state index >= 15 is 0 Å². The van der Waals surface area contributed by atoms with E-state index in [9.17, 15) is 0 Å². The van der Waals surface area contributed by atoms with Gasteiger partial charge in [0.25, 0.3) is 0 Å².